The van der Waals surface area contributed by atoms with E-state index < -0.39 is 0 Å². The number of aryl methyl sites for hydroxylation is 3. The fourth-order valence-corrected chi connectivity index (χ4v) is 2.55. The van der Waals surface area contributed by atoms with Crippen LogP contribution in [0, 0.1) is 27.7 Å². The molecule has 0 aliphatic carbocycles. The van der Waals surface area contributed by atoms with E-state index in [9.17, 15) is 4.79 Å². The number of nitrogens with one attached hydrogen (secondary N) is 2. The van der Waals surface area contributed by atoms with Gasteiger partial charge in [0.2, 0.25) is 0 Å². The van der Waals surface area contributed by atoms with Gasteiger partial charge in [-0.2, -0.15) is 0 Å². The third-order valence-electron chi connectivity index (χ3n) is 4.52. The minimum atomic E-state index is -0.279. The number of aromatic nitrogens is 2. The minimum Gasteiger partial charge on any atom is -0.339 e. The molecule has 5 heteroatoms. The van der Waals surface area contributed by atoms with Gasteiger partial charge in [-0.05, 0) is 68.1 Å². The molecule has 0 atom stereocenters. The van der Waals surface area contributed by atoms with E-state index in [4.69, 9.17) is 0 Å². The molecule has 1 amide bonds. The Morgan fingerprint density at radius 1 is 0.885 bits per heavy atom. The van der Waals surface area contributed by atoms with Crippen LogP contribution >= 0.6 is 0 Å². The van der Waals surface area contributed by atoms with Crippen molar-refractivity contribution in [1.82, 2.24) is 9.97 Å². The number of carbonyl (C=O) groups excluding carboxylic acids is 1. The second kappa shape index (κ2) is 7.35. The Hall–Kier alpha value is -3.21. The number of carbonyl (C=O) groups is 1. The van der Waals surface area contributed by atoms with Gasteiger partial charge in [-0.1, -0.05) is 18.2 Å². The largest absolute Gasteiger partial charge is 0.339 e. The third-order valence-corrected chi connectivity index (χ3v) is 4.52. The van der Waals surface area contributed by atoms with E-state index in [1.54, 1.807) is 6.20 Å². The second-order valence-electron chi connectivity index (χ2n) is 6.41. The Morgan fingerprint density at radius 3 is 2.38 bits per heavy atom. The number of rotatable bonds is 4. The summed E-state index contributed by atoms with van der Waals surface area (Å²) in [6.45, 7) is 8.16. The Morgan fingerprint density at radius 2 is 1.69 bits per heavy atom. The lowest BCUT2D eigenvalue weighted by atomic mass is 10.1. The van der Waals surface area contributed by atoms with Crippen molar-refractivity contribution < 1.29 is 4.79 Å². The molecule has 0 spiro atoms. The van der Waals surface area contributed by atoms with Gasteiger partial charge in [0.25, 0.3) is 5.91 Å². The van der Waals surface area contributed by atoms with E-state index in [2.05, 4.69) is 40.5 Å². The maximum atomic E-state index is 12.3. The van der Waals surface area contributed by atoms with Crippen LogP contribution in [0.5, 0.6) is 0 Å². The first-order chi connectivity index (χ1) is 12.4. The van der Waals surface area contributed by atoms with Crippen LogP contribution in [0.3, 0.4) is 0 Å². The molecule has 3 aromatic rings. The van der Waals surface area contributed by atoms with Gasteiger partial charge < -0.3 is 10.6 Å². The topological polar surface area (TPSA) is 66.9 Å². The first-order valence-corrected chi connectivity index (χ1v) is 8.48. The van der Waals surface area contributed by atoms with Crippen LogP contribution in [-0.4, -0.2) is 15.9 Å². The summed E-state index contributed by atoms with van der Waals surface area (Å²) < 4.78 is 0. The SMILES string of the molecule is Cc1ccc(NC(=O)c2cnc(Nc3cccc(C)c3C)cn2)cc1C. The number of hydrogen-bond acceptors (Lipinski definition) is 4. The van der Waals surface area contributed by atoms with Crippen molar-refractivity contribution in [3.05, 3.63) is 76.7 Å². The molecule has 0 aliphatic heterocycles. The van der Waals surface area contributed by atoms with Crippen LogP contribution in [0.2, 0.25) is 0 Å². The van der Waals surface area contributed by atoms with Gasteiger partial charge in [-0.15, -0.1) is 0 Å². The zero-order chi connectivity index (χ0) is 18.7. The number of hydrogen-bond donors (Lipinski definition) is 2. The van der Waals surface area contributed by atoms with Gasteiger partial charge in [0, 0.05) is 11.4 Å². The Balaban J connectivity index is 1.71. The van der Waals surface area contributed by atoms with E-state index in [1.165, 1.54) is 17.3 Å². The quantitative estimate of drug-likeness (QED) is 0.718. The average molecular weight is 346 g/mol. The Kier molecular flexibility index (Phi) is 4.98. The van der Waals surface area contributed by atoms with Crippen molar-refractivity contribution in [2.24, 2.45) is 0 Å². The molecule has 0 unspecified atom stereocenters. The molecule has 0 fully saturated rings. The van der Waals surface area contributed by atoms with Crippen LogP contribution in [0.1, 0.15) is 32.7 Å². The number of anilines is 3. The van der Waals surface area contributed by atoms with Gasteiger partial charge in [0.05, 0.1) is 12.4 Å². The van der Waals surface area contributed by atoms with Gasteiger partial charge >= 0.3 is 0 Å². The average Bonchev–Trinajstić information content (AvgIpc) is 2.63. The first-order valence-electron chi connectivity index (χ1n) is 8.48. The summed E-state index contributed by atoms with van der Waals surface area (Å²) in [6.07, 6.45) is 3.04. The van der Waals surface area contributed by atoms with Gasteiger partial charge in [-0.25, -0.2) is 9.97 Å². The van der Waals surface area contributed by atoms with Crippen molar-refractivity contribution in [3.8, 4) is 0 Å². The summed E-state index contributed by atoms with van der Waals surface area (Å²) in [5.74, 6) is 0.320. The van der Waals surface area contributed by atoms with Crippen molar-refractivity contribution in [3.63, 3.8) is 0 Å². The van der Waals surface area contributed by atoms with Crippen LogP contribution < -0.4 is 10.6 Å². The lowest BCUT2D eigenvalue weighted by Gasteiger charge is -2.11. The lowest BCUT2D eigenvalue weighted by Crippen LogP contribution is -2.14. The number of nitrogens with zero attached hydrogens (tertiary/aromatic N) is 2. The molecular formula is C21H22N4O. The highest BCUT2D eigenvalue weighted by molar-refractivity contribution is 6.02. The van der Waals surface area contributed by atoms with Crippen molar-refractivity contribution in [2.75, 3.05) is 10.6 Å². The monoisotopic (exact) mass is 346 g/mol. The standard InChI is InChI=1S/C21H22N4O/c1-13-8-9-17(10-15(13)3)24-21(26)19-11-23-20(12-22-19)25-18-7-5-6-14(2)16(18)4/h5-12H,1-4H3,(H,23,25)(H,24,26). The van der Waals surface area contributed by atoms with Crippen molar-refractivity contribution in [1.29, 1.82) is 0 Å². The molecule has 132 valence electrons. The molecule has 0 saturated carbocycles. The van der Waals surface area contributed by atoms with Crippen LogP contribution in [0.25, 0.3) is 0 Å². The number of amides is 1. The lowest BCUT2D eigenvalue weighted by molar-refractivity contribution is 0.102. The van der Waals surface area contributed by atoms with E-state index in [-0.39, 0.29) is 11.6 Å². The Labute approximate surface area is 153 Å². The zero-order valence-corrected chi connectivity index (χ0v) is 15.4. The molecule has 0 radical (unpaired) electrons. The zero-order valence-electron chi connectivity index (χ0n) is 15.4. The second-order valence-corrected chi connectivity index (χ2v) is 6.41. The van der Waals surface area contributed by atoms with Crippen molar-refractivity contribution >= 4 is 23.1 Å². The van der Waals surface area contributed by atoms with Crippen LogP contribution in [-0.2, 0) is 0 Å². The molecule has 1 heterocycles. The summed E-state index contributed by atoms with van der Waals surface area (Å²) in [4.78, 5) is 20.9. The smallest absolute Gasteiger partial charge is 0.275 e. The number of benzene rings is 2. The van der Waals surface area contributed by atoms with Gasteiger partial charge in [0.15, 0.2) is 0 Å². The summed E-state index contributed by atoms with van der Waals surface area (Å²) in [5, 5.41) is 6.09. The molecule has 0 bridgehead atoms. The summed E-state index contributed by atoms with van der Waals surface area (Å²) in [7, 11) is 0. The van der Waals surface area contributed by atoms with Gasteiger partial charge in [0.1, 0.15) is 11.5 Å². The van der Waals surface area contributed by atoms with Crippen LogP contribution in [0.15, 0.2) is 48.8 Å². The van der Waals surface area contributed by atoms with E-state index in [0.717, 1.165) is 22.5 Å². The minimum absolute atomic E-state index is 0.273. The molecule has 3 rings (SSSR count). The van der Waals surface area contributed by atoms with E-state index in [1.807, 2.05) is 44.2 Å². The van der Waals surface area contributed by atoms with E-state index >= 15 is 0 Å². The summed E-state index contributed by atoms with van der Waals surface area (Å²) in [5.41, 5.74) is 6.67. The normalized spacial score (nSPS) is 10.5. The molecule has 2 aromatic carbocycles. The highest BCUT2D eigenvalue weighted by atomic mass is 16.1. The molecule has 1 aromatic heterocycles. The fraction of sp³-hybridized carbons (Fsp3) is 0.190. The van der Waals surface area contributed by atoms with E-state index in [0.29, 0.717) is 5.82 Å². The first kappa shape index (κ1) is 17.6. The maximum absolute atomic E-state index is 12.3. The molecular weight excluding hydrogens is 324 g/mol. The molecule has 2 N–H and O–H groups in total. The predicted octanol–water partition coefficient (Wildman–Crippen LogP) is 4.71. The predicted molar refractivity (Wildman–Crippen MR) is 105 cm³/mol. The molecule has 0 saturated heterocycles. The molecule has 5 nitrogen and oxygen atoms in total. The summed E-state index contributed by atoms with van der Waals surface area (Å²) in [6, 6.07) is 11.8. The highest BCUT2D eigenvalue weighted by Crippen LogP contribution is 2.21. The molecule has 26 heavy (non-hydrogen) atoms. The maximum Gasteiger partial charge on any atom is 0.275 e. The third kappa shape index (κ3) is 3.88. The molecule has 0 aliphatic rings. The van der Waals surface area contributed by atoms with Gasteiger partial charge in [-0.3, -0.25) is 4.79 Å². The van der Waals surface area contributed by atoms with Crippen LogP contribution in [0.4, 0.5) is 17.2 Å². The highest BCUT2D eigenvalue weighted by Gasteiger charge is 2.10. The Bertz CT molecular complexity index is 949. The fourth-order valence-electron chi connectivity index (χ4n) is 2.55. The summed E-state index contributed by atoms with van der Waals surface area (Å²) >= 11 is 0. The van der Waals surface area contributed by atoms with Crippen molar-refractivity contribution in [2.45, 2.75) is 27.7 Å².